The molecule has 0 amide bonds. The van der Waals surface area contributed by atoms with Gasteiger partial charge in [-0.15, -0.1) is 0 Å². The van der Waals surface area contributed by atoms with Crippen LogP contribution < -0.4 is 15.5 Å². The molecule has 0 bridgehead atoms. The molecule has 7 heteroatoms. The Morgan fingerprint density at radius 2 is 1.90 bits per heavy atom. The van der Waals surface area contributed by atoms with Crippen molar-refractivity contribution in [1.82, 2.24) is 15.0 Å². The average molecular weight is 290 g/mol. The Labute approximate surface area is 124 Å². The first-order chi connectivity index (χ1) is 10.2. The number of nitrogens with zero attached hydrogens (tertiary/aromatic N) is 4. The highest BCUT2D eigenvalue weighted by Crippen LogP contribution is 2.19. The minimum absolute atomic E-state index is 0.0170. The molecule has 0 aliphatic rings. The van der Waals surface area contributed by atoms with Gasteiger partial charge in [-0.05, 0) is 32.9 Å². The molecule has 0 aliphatic carbocycles. The first-order valence-corrected chi connectivity index (χ1v) is 7.16. The summed E-state index contributed by atoms with van der Waals surface area (Å²) >= 11 is 0. The molecular weight excluding hydrogens is 268 g/mol. The predicted molar refractivity (Wildman–Crippen MR) is 83.7 cm³/mol. The van der Waals surface area contributed by atoms with E-state index in [-0.39, 0.29) is 6.04 Å². The van der Waals surface area contributed by atoms with Crippen LogP contribution in [0.1, 0.15) is 32.6 Å². The van der Waals surface area contributed by atoms with E-state index in [2.05, 4.69) is 44.3 Å². The average Bonchev–Trinajstić information content (AvgIpc) is 3.02. The van der Waals surface area contributed by atoms with Crippen molar-refractivity contribution in [3.05, 3.63) is 24.2 Å². The molecule has 0 radical (unpaired) electrons. The second-order valence-electron chi connectivity index (χ2n) is 4.59. The van der Waals surface area contributed by atoms with Gasteiger partial charge in [-0.3, -0.25) is 0 Å². The third-order valence-electron chi connectivity index (χ3n) is 3.21. The van der Waals surface area contributed by atoms with Gasteiger partial charge in [0.2, 0.25) is 17.8 Å². The Hall–Kier alpha value is -2.31. The second-order valence-corrected chi connectivity index (χ2v) is 4.59. The van der Waals surface area contributed by atoms with Crippen molar-refractivity contribution in [3.63, 3.8) is 0 Å². The largest absolute Gasteiger partial charge is 0.467 e. The van der Waals surface area contributed by atoms with Crippen molar-refractivity contribution in [2.24, 2.45) is 0 Å². The van der Waals surface area contributed by atoms with Gasteiger partial charge in [-0.1, -0.05) is 0 Å². The maximum Gasteiger partial charge on any atom is 0.231 e. The predicted octanol–water partition coefficient (Wildman–Crippen LogP) is 2.53. The van der Waals surface area contributed by atoms with Crippen LogP contribution in [0.3, 0.4) is 0 Å². The molecule has 0 aliphatic heterocycles. The van der Waals surface area contributed by atoms with E-state index >= 15 is 0 Å². The lowest BCUT2D eigenvalue weighted by molar-refractivity contribution is 0.489. The summed E-state index contributed by atoms with van der Waals surface area (Å²) in [5, 5.41) is 6.21. The van der Waals surface area contributed by atoms with Gasteiger partial charge in [-0.2, -0.15) is 15.0 Å². The van der Waals surface area contributed by atoms with Gasteiger partial charge >= 0.3 is 0 Å². The number of anilines is 3. The lowest BCUT2D eigenvalue weighted by Gasteiger charge is -2.20. The topological polar surface area (TPSA) is 79.1 Å². The van der Waals surface area contributed by atoms with Gasteiger partial charge in [0.15, 0.2) is 0 Å². The second kappa shape index (κ2) is 6.92. The minimum atomic E-state index is -0.0170. The Morgan fingerprint density at radius 1 is 1.19 bits per heavy atom. The number of aromatic nitrogens is 3. The maximum absolute atomic E-state index is 5.38. The van der Waals surface area contributed by atoms with Crippen molar-refractivity contribution < 1.29 is 4.42 Å². The Balaban J connectivity index is 2.24. The summed E-state index contributed by atoms with van der Waals surface area (Å²) in [6.45, 7) is 7.84. The molecule has 0 fully saturated rings. The highest BCUT2D eigenvalue weighted by Gasteiger charge is 2.14. The van der Waals surface area contributed by atoms with Crippen molar-refractivity contribution in [1.29, 1.82) is 0 Å². The summed E-state index contributed by atoms with van der Waals surface area (Å²) in [6.07, 6.45) is 1.65. The molecule has 1 unspecified atom stereocenters. The van der Waals surface area contributed by atoms with Crippen LogP contribution in [0.5, 0.6) is 0 Å². The maximum atomic E-state index is 5.38. The van der Waals surface area contributed by atoms with Gasteiger partial charge in [0.25, 0.3) is 0 Å². The number of hydrogen-bond donors (Lipinski definition) is 2. The Kier molecular flexibility index (Phi) is 4.97. The Morgan fingerprint density at radius 3 is 2.48 bits per heavy atom. The molecule has 114 valence electrons. The molecule has 7 nitrogen and oxygen atoms in total. The number of nitrogens with one attached hydrogen (secondary N) is 2. The standard InChI is InChI=1S/C14H22N6O/c1-5-20(6-2)14-18-12(15-4)17-13(19-14)16-10(3)11-8-7-9-21-11/h7-10H,5-6H2,1-4H3,(H2,15,16,17,18,19). The van der Waals surface area contributed by atoms with Crippen molar-refractivity contribution in [2.45, 2.75) is 26.8 Å². The normalized spacial score (nSPS) is 12.0. The number of hydrogen-bond acceptors (Lipinski definition) is 7. The summed E-state index contributed by atoms with van der Waals surface area (Å²) in [7, 11) is 1.79. The third kappa shape index (κ3) is 3.62. The van der Waals surface area contributed by atoms with E-state index in [4.69, 9.17) is 4.42 Å². The summed E-state index contributed by atoms with van der Waals surface area (Å²) in [4.78, 5) is 15.3. The first-order valence-electron chi connectivity index (χ1n) is 7.16. The molecule has 2 rings (SSSR count). The zero-order valence-electron chi connectivity index (χ0n) is 12.9. The van der Waals surface area contributed by atoms with Crippen LogP contribution in [0.4, 0.5) is 17.8 Å². The number of furan rings is 1. The van der Waals surface area contributed by atoms with Crippen LogP contribution in [-0.4, -0.2) is 35.1 Å². The van der Waals surface area contributed by atoms with Crippen LogP contribution in [0.2, 0.25) is 0 Å². The number of rotatable bonds is 7. The van der Waals surface area contributed by atoms with E-state index in [1.54, 1.807) is 13.3 Å². The molecule has 1 atom stereocenters. The third-order valence-corrected chi connectivity index (χ3v) is 3.21. The lowest BCUT2D eigenvalue weighted by atomic mass is 10.2. The SMILES string of the molecule is CCN(CC)c1nc(NC)nc(NC(C)c2ccco2)n1. The highest BCUT2D eigenvalue weighted by molar-refractivity contribution is 5.44. The Bertz CT molecular complexity index is 553. The van der Waals surface area contributed by atoms with Crippen LogP contribution in [0.25, 0.3) is 0 Å². The van der Waals surface area contributed by atoms with Gasteiger partial charge < -0.3 is 20.0 Å². The minimum Gasteiger partial charge on any atom is -0.467 e. The fourth-order valence-electron chi connectivity index (χ4n) is 1.99. The van der Waals surface area contributed by atoms with E-state index in [0.29, 0.717) is 17.8 Å². The van der Waals surface area contributed by atoms with Gasteiger partial charge in [-0.25, -0.2) is 0 Å². The van der Waals surface area contributed by atoms with Crippen molar-refractivity contribution in [2.75, 3.05) is 35.7 Å². The van der Waals surface area contributed by atoms with Crippen molar-refractivity contribution >= 4 is 17.8 Å². The summed E-state index contributed by atoms with van der Waals surface area (Å²) in [5.74, 6) is 2.57. The zero-order valence-corrected chi connectivity index (χ0v) is 12.9. The molecule has 0 saturated carbocycles. The fraction of sp³-hybridized carbons (Fsp3) is 0.500. The molecule has 2 aromatic heterocycles. The molecular formula is C14H22N6O. The molecule has 2 N–H and O–H groups in total. The molecule has 0 spiro atoms. The summed E-state index contributed by atoms with van der Waals surface area (Å²) < 4.78 is 5.38. The molecule has 21 heavy (non-hydrogen) atoms. The molecule has 0 aromatic carbocycles. The van der Waals surface area contributed by atoms with Crippen LogP contribution >= 0.6 is 0 Å². The van der Waals surface area contributed by atoms with E-state index < -0.39 is 0 Å². The summed E-state index contributed by atoms with van der Waals surface area (Å²) in [5.41, 5.74) is 0. The quantitative estimate of drug-likeness (QED) is 0.811. The highest BCUT2D eigenvalue weighted by atomic mass is 16.3. The van der Waals surface area contributed by atoms with Crippen LogP contribution in [-0.2, 0) is 0 Å². The monoisotopic (exact) mass is 290 g/mol. The van der Waals surface area contributed by atoms with Crippen molar-refractivity contribution in [3.8, 4) is 0 Å². The van der Waals surface area contributed by atoms with Crippen LogP contribution in [0.15, 0.2) is 22.8 Å². The molecule has 0 saturated heterocycles. The lowest BCUT2D eigenvalue weighted by Crippen LogP contribution is -2.25. The smallest absolute Gasteiger partial charge is 0.231 e. The van der Waals surface area contributed by atoms with E-state index in [1.165, 1.54) is 0 Å². The molecule has 2 heterocycles. The van der Waals surface area contributed by atoms with Gasteiger partial charge in [0.1, 0.15) is 5.76 Å². The van der Waals surface area contributed by atoms with E-state index in [9.17, 15) is 0 Å². The van der Waals surface area contributed by atoms with E-state index in [1.807, 2.05) is 19.1 Å². The van der Waals surface area contributed by atoms with Gasteiger partial charge in [0.05, 0.1) is 12.3 Å². The fourth-order valence-corrected chi connectivity index (χ4v) is 1.99. The zero-order chi connectivity index (χ0) is 15.2. The summed E-state index contributed by atoms with van der Waals surface area (Å²) in [6, 6.07) is 3.77. The van der Waals surface area contributed by atoms with Crippen LogP contribution in [0, 0.1) is 0 Å². The van der Waals surface area contributed by atoms with Gasteiger partial charge in [0, 0.05) is 20.1 Å². The first kappa shape index (κ1) is 15.1. The molecule has 2 aromatic rings. The van der Waals surface area contributed by atoms with E-state index in [0.717, 1.165) is 18.8 Å².